The fourth-order valence-electron chi connectivity index (χ4n) is 3.62. The lowest BCUT2D eigenvalue weighted by molar-refractivity contribution is -0.0396. The summed E-state index contributed by atoms with van der Waals surface area (Å²) in [5.74, 6) is 0.706. The average molecular weight is 354 g/mol. The number of aromatic nitrogens is 3. The monoisotopic (exact) mass is 354 g/mol. The molecule has 2 aromatic heterocycles. The van der Waals surface area contributed by atoms with E-state index in [0.29, 0.717) is 25.4 Å². The van der Waals surface area contributed by atoms with Crippen molar-refractivity contribution in [2.45, 2.75) is 37.9 Å². The van der Waals surface area contributed by atoms with Crippen molar-refractivity contribution in [3.05, 3.63) is 48.3 Å². The Morgan fingerprint density at radius 2 is 2.12 bits per heavy atom. The molecule has 7 heteroatoms. The van der Waals surface area contributed by atoms with Crippen molar-refractivity contribution >= 4 is 5.91 Å². The second-order valence-corrected chi connectivity index (χ2v) is 6.96. The first-order valence-corrected chi connectivity index (χ1v) is 8.92. The zero-order valence-electron chi connectivity index (χ0n) is 14.8. The first-order valence-electron chi connectivity index (χ1n) is 8.92. The Morgan fingerprint density at radius 3 is 2.81 bits per heavy atom. The van der Waals surface area contributed by atoms with E-state index in [1.54, 1.807) is 24.8 Å². The first-order chi connectivity index (χ1) is 12.6. The van der Waals surface area contributed by atoms with Crippen LogP contribution in [0, 0.1) is 6.92 Å². The first kappa shape index (κ1) is 16.9. The van der Waals surface area contributed by atoms with E-state index in [1.165, 1.54) is 0 Å². The van der Waals surface area contributed by atoms with Gasteiger partial charge in [0.1, 0.15) is 17.5 Å². The number of hydrogen-bond acceptors (Lipinski definition) is 6. The van der Waals surface area contributed by atoms with Crippen LogP contribution < -0.4 is 4.74 Å². The van der Waals surface area contributed by atoms with Gasteiger partial charge in [0.25, 0.3) is 5.91 Å². The Hall–Kier alpha value is -2.54. The molecule has 1 atom stereocenters. The molecule has 0 aromatic carbocycles. The van der Waals surface area contributed by atoms with Gasteiger partial charge in [0.2, 0.25) is 0 Å². The van der Waals surface area contributed by atoms with Gasteiger partial charge in [-0.15, -0.1) is 0 Å². The summed E-state index contributed by atoms with van der Waals surface area (Å²) >= 11 is 0. The number of rotatable bonds is 3. The number of aryl methyl sites for hydroxylation is 1. The van der Waals surface area contributed by atoms with Crippen molar-refractivity contribution in [3.63, 3.8) is 0 Å². The number of carbonyl (C=O) groups is 1. The summed E-state index contributed by atoms with van der Waals surface area (Å²) in [5, 5.41) is 0. The lowest BCUT2D eigenvalue weighted by Gasteiger charge is -2.38. The highest BCUT2D eigenvalue weighted by atomic mass is 16.6. The molecule has 26 heavy (non-hydrogen) atoms. The highest BCUT2D eigenvalue weighted by Gasteiger charge is 2.44. The van der Waals surface area contributed by atoms with Crippen molar-refractivity contribution in [1.29, 1.82) is 0 Å². The summed E-state index contributed by atoms with van der Waals surface area (Å²) in [4.78, 5) is 26.8. The summed E-state index contributed by atoms with van der Waals surface area (Å²) in [6.45, 7) is 3.75. The van der Waals surface area contributed by atoms with E-state index in [-0.39, 0.29) is 17.6 Å². The maximum atomic E-state index is 12.6. The van der Waals surface area contributed by atoms with Crippen LogP contribution in [0.3, 0.4) is 0 Å². The predicted octanol–water partition coefficient (Wildman–Crippen LogP) is 2.02. The van der Waals surface area contributed by atoms with Gasteiger partial charge < -0.3 is 14.4 Å². The van der Waals surface area contributed by atoms with Gasteiger partial charge in [-0.3, -0.25) is 14.8 Å². The molecule has 0 radical (unpaired) electrons. The van der Waals surface area contributed by atoms with E-state index >= 15 is 0 Å². The number of nitrogens with zero attached hydrogens (tertiary/aromatic N) is 4. The van der Waals surface area contributed by atoms with Crippen molar-refractivity contribution in [2.75, 3.05) is 19.7 Å². The van der Waals surface area contributed by atoms with Crippen LogP contribution in [-0.4, -0.2) is 57.2 Å². The van der Waals surface area contributed by atoms with E-state index in [0.717, 1.165) is 30.7 Å². The fraction of sp³-hybridized carbons (Fsp3) is 0.474. The van der Waals surface area contributed by atoms with Crippen LogP contribution in [0.5, 0.6) is 5.75 Å². The smallest absolute Gasteiger partial charge is 0.274 e. The number of amides is 1. The SMILES string of the molecule is Cc1cnc(C(=O)N2CCC3(CC2)CC(Oc2cccnc2)CO3)cn1. The van der Waals surface area contributed by atoms with Crippen LogP contribution in [0.2, 0.25) is 0 Å². The second kappa shape index (κ2) is 6.99. The van der Waals surface area contributed by atoms with Crippen LogP contribution >= 0.6 is 0 Å². The molecule has 4 rings (SSSR count). The molecule has 2 fully saturated rings. The molecule has 0 aliphatic carbocycles. The molecule has 2 aliphatic rings. The highest BCUT2D eigenvalue weighted by molar-refractivity contribution is 5.92. The minimum atomic E-state index is -0.192. The Balaban J connectivity index is 1.33. The van der Waals surface area contributed by atoms with Crippen molar-refractivity contribution in [1.82, 2.24) is 19.9 Å². The molecule has 136 valence electrons. The van der Waals surface area contributed by atoms with E-state index in [9.17, 15) is 4.79 Å². The summed E-state index contributed by atoms with van der Waals surface area (Å²) in [6.07, 6.45) is 9.11. The third-order valence-electron chi connectivity index (χ3n) is 5.07. The van der Waals surface area contributed by atoms with Crippen LogP contribution in [0.15, 0.2) is 36.9 Å². The van der Waals surface area contributed by atoms with Crippen LogP contribution in [0.4, 0.5) is 0 Å². The van der Waals surface area contributed by atoms with Gasteiger partial charge in [-0.2, -0.15) is 0 Å². The molecule has 1 spiro atoms. The predicted molar refractivity (Wildman–Crippen MR) is 93.9 cm³/mol. The topological polar surface area (TPSA) is 77.4 Å². The summed E-state index contributed by atoms with van der Waals surface area (Å²) < 4.78 is 12.1. The molecule has 2 saturated heterocycles. The number of ether oxygens (including phenoxy) is 2. The Kier molecular flexibility index (Phi) is 4.55. The van der Waals surface area contributed by atoms with Gasteiger partial charge in [0.15, 0.2) is 0 Å². The van der Waals surface area contributed by atoms with Crippen LogP contribution in [0.25, 0.3) is 0 Å². The third kappa shape index (κ3) is 3.53. The van der Waals surface area contributed by atoms with Crippen LogP contribution in [-0.2, 0) is 4.74 Å². The molecule has 0 bridgehead atoms. The third-order valence-corrected chi connectivity index (χ3v) is 5.07. The zero-order chi connectivity index (χ0) is 18.0. The number of hydrogen-bond donors (Lipinski definition) is 0. The number of carbonyl (C=O) groups excluding carboxylic acids is 1. The molecular formula is C19H22N4O3. The summed E-state index contributed by atoms with van der Waals surface area (Å²) in [5.41, 5.74) is 1.01. The highest BCUT2D eigenvalue weighted by Crippen LogP contribution is 2.37. The standard InChI is InChI=1S/C19H22N4O3/c1-14-10-22-17(12-21-14)18(24)23-7-4-19(5-8-23)9-16(13-25-19)26-15-3-2-6-20-11-15/h2-3,6,10-12,16H,4-5,7-9,13H2,1H3. The lowest BCUT2D eigenvalue weighted by Crippen LogP contribution is -2.46. The van der Waals surface area contributed by atoms with Gasteiger partial charge in [-0.25, -0.2) is 4.98 Å². The normalized spacial score (nSPS) is 21.7. The van der Waals surface area contributed by atoms with Gasteiger partial charge in [0.05, 0.1) is 30.3 Å². The molecule has 1 amide bonds. The molecular weight excluding hydrogens is 332 g/mol. The molecule has 2 aliphatic heterocycles. The van der Waals surface area contributed by atoms with Gasteiger partial charge in [-0.1, -0.05) is 0 Å². The molecule has 7 nitrogen and oxygen atoms in total. The largest absolute Gasteiger partial charge is 0.486 e. The minimum absolute atomic E-state index is 0.0319. The van der Waals surface area contributed by atoms with Gasteiger partial charge >= 0.3 is 0 Å². The number of likely N-dealkylation sites (tertiary alicyclic amines) is 1. The van der Waals surface area contributed by atoms with Crippen molar-refractivity contribution < 1.29 is 14.3 Å². The van der Waals surface area contributed by atoms with Crippen molar-refractivity contribution in [3.8, 4) is 5.75 Å². The van der Waals surface area contributed by atoms with E-state index in [1.807, 2.05) is 24.0 Å². The Labute approximate surface area is 152 Å². The summed E-state index contributed by atoms with van der Waals surface area (Å²) in [7, 11) is 0. The Bertz CT molecular complexity index is 758. The Morgan fingerprint density at radius 1 is 1.27 bits per heavy atom. The fourth-order valence-corrected chi connectivity index (χ4v) is 3.62. The van der Waals surface area contributed by atoms with E-state index in [4.69, 9.17) is 9.47 Å². The maximum Gasteiger partial charge on any atom is 0.274 e. The number of piperidine rings is 1. The maximum absolute atomic E-state index is 12.6. The lowest BCUT2D eigenvalue weighted by atomic mass is 9.88. The minimum Gasteiger partial charge on any atom is -0.486 e. The zero-order valence-corrected chi connectivity index (χ0v) is 14.8. The quantitative estimate of drug-likeness (QED) is 0.839. The molecule has 0 saturated carbocycles. The molecule has 4 heterocycles. The van der Waals surface area contributed by atoms with E-state index < -0.39 is 0 Å². The average Bonchev–Trinajstić information content (AvgIpc) is 3.05. The van der Waals surface area contributed by atoms with E-state index in [2.05, 4.69) is 15.0 Å². The molecule has 0 N–H and O–H groups in total. The van der Waals surface area contributed by atoms with Gasteiger partial charge in [0, 0.05) is 31.9 Å². The van der Waals surface area contributed by atoms with Crippen molar-refractivity contribution in [2.24, 2.45) is 0 Å². The number of pyridine rings is 1. The van der Waals surface area contributed by atoms with Gasteiger partial charge in [-0.05, 0) is 31.9 Å². The second-order valence-electron chi connectivity index (χ2n) is 6.96. The molecule has 1 unspecified atom stereocenters. The van der Waals surface area contributed by atoms with Crippen LogP contribution in [0.1, 0.15) is 35.4 Å². The molecule has 2 aromatic rings. The summed E-state index contributed by atoms with van der Waals surface area (Å²) in [6, 6.07) is 3.76.